The van der Waals surface area contributed by atoms with Crippen LogP contribution in [0.25, 0.3) is 22.6 Å². The number of fused-ring (bicyclic) bond motifs is 1. The molecule has 0 saturated carbocycles. The number of para-hydroxylation sites is 1. The molecule has 0 aliphatic heterocycles. The van der Waals surface area contributed by atoms with Crippen molar-refractivity contribution in [2.45, 2.75) is 11.8 Å². The van der Waals surface area contributed by atoms with E-state index < -0.39 is 16.0 Å². The van der Waals surface area contributed by atoms with Crippen LogP contribution in [0.1, 0.15) is 15.9 Å². The fraction of sp³-hybridized carbons (Fsp3) is 0.0909. The molecule has 31 heavy (non-hydrogen) atoms. The molecule has 1 heterocycles. The summed E-state index contributed by atoms with van der Waals surface area (Å²) in [6.07, 6.45) is 0. The average molecular weight is 457 g/mol. The van der Waals surface area contributed by atoms with Gasteiger partial charge < -0.3 is 9.15 Å². The predicted molar refractivity (Wildman–Crippen MR) is 118 cm³/mol. The molecular formula is C22H17ClN2O5S. The number of carbonyl (C=O) groups is 1. The quantitative estimate of drug-likeness (QED) is 0.422. The van der Waals surface area contributed by atoms with E-state index in [1.807, 2.05) is 0 Å². The Kier molecular flexibility index (Phi) is 5.43. The number of carbonyl (C=O) groups excluding carboxylic acids is 1. The Balaban J connectivity index is 1.72. The third-order valence-electron chi connectivity index (χ3n) is 4.65. The van der Waals surface area contributed by atoms with Crippen LogP contribution in [0, 0.1) is 6.92 Å². The lowest BCUT2D eigenvalue weighted by Gasteiger charge is -2.11. The molecule has 1 N–H and O–H groups in total. The number of oxazole rings is 1. The maximum atomic E-state index is 12.9. The first-order chi connectivity index (χ1) is 14.8. The highest BCUT2D eigenvalue weighted by Gasteiger charge is 2.20. The number of hydrogen-bond donors (Lipinski definition) is 1. The summed E-state index contributed by atoms with van der Waals surface area (Å²) in [6.45, 7) is 1.76. The molecule has 3 aromatic carbocycles. The second-order valence-electron chi connectivity index (χ2n) is 6.76. The summed E-state index contributed by atoms with van der Waals surface area (Å²) in [5.74, 6) is -0.351. The van der Waals surface area contributed by atoms with Crippen LogP contribution in [0.3, 0.4) is 0 Å². The largest absolute Gasteiger partial charge is 0.465 e. The van der Waals surface area contributed by atoms with Gasteiger partial charge in [-0.2, -0.15) is 0 Å². The smallest absolute Gasteiger partial charge is 0.340 e. The number of esters is 1. The van der Waals surface area contributed by atoms with Gasteiger partial charge >= 0.3 is 5.97 Å². The van der Waals surface area contributed by atoms with Gasteiger partial charge in [0.05, 0.1) is 23.3 Å². The Morgan fingerprint density at radius 3 is 2.61 bits per heavy atom. The normalized spacial score (nSPS) is 11.5. The van der Waals surface area contributed by atoms with Gasteiger partial charge in [0.25, 0.3) is 10.0 Å². The number of methoxy groups -OCH3 is 1. The zero-order valence-corrected chi connectivity index (χ0v) is 18.1. The molecule has 9 heteroatoms. The van der Waals surface area contributed by atoms with Gasteiger partial charge in [0.2, 0.25) is 5.89 Å². The van der Waals surface area contributed by atoms with E-state index in [2.05, 4.69) is 9.71 Å². The molecule has 0 aliphatic carbocycles. The summed E-state index contributed by atoms with van der Waals surface area (Å²) in [6, 6.07) is 16.0. The van der Waals surface area contributed by atoms with E-state index in [4.69, 9.17) is 20.8 Å². The lowest BCUT2D eigenvalue weighted by Crippen LogP contribution is -2.13. The van der Waals surface area contributed by atoms with Crippen LogP contribution in [0.4, 0.5) is 5.69 Å². The van der Waals surface area contributed by atoms with Crippen LogP contribution in [0.2, 0.25) is 5.02 Å². The van der Waals surface area contributed by atoms with Crippen LogP contribution >= 0.6 is 11.6 Å². The molecule has 0 unspecified atom stereocenters. The number of anilines is 1. The number of halogens is 1. The molecule has 0 spiro atoms. The van der Waals surface area contributed by atoms with Crippen molar-refractivity contribution < 1.29 is 22.4 Å². The number of ether oxygens (including phenoxy) is 1. The lowest BCUT2D eigenvalue weighted by molar-refractivity contribution is 0.0602. The average Bonchev–Trinajstić information content (AvgIpc) is 3.20. The molecule has 158 valence electrons. The first-order valence-electron chi connectivity index (χ1n) is 9.16. The molecule has 4 rings (SSSR count). The highest BCUT2D eigenvalue weighted by Crippen LogP contribution is 2.29. The van der Waals surface area contributed by atoms with Crippen molar-refractivity contribution in [2.24, 2.45) is 0 Å². The lowest BCUT2D eigenvalue weighted by atomic mass is 10.2. The summed E-state index contributed by atoms with van der Waals surface area (Å²) in [5, 5.41) is 0.518. The summed E-state index contributed by atoms with van der Waals surface area (Å²) >= 11 is 5.94. The zero-order valence-electron chi connectivity index (χ0n) is 16.5. The van der Waals surface area contributed by atoms with Crippen molar-refractivity contribution in [2.75, 3.05) is 11.8 Å². The number of aromatic nitrogens is 1. The topological polar surface area (TPSA) is 98.5 Å². The second kappa shape index (κ2) is 8.05. The van der Waals surface area contributed by atoms with E-state index in [-0.39, 0.29) is 16.3 Å². The summed E-state index contributed by atoms with van der Waals surface area (Å²) in [5.41, 5.74) is 2.57. The van der Waals surface area contributed by atoms with Crippen molar-refractivity contribution >= 4 is 44.4 Å². The maximum absolute atomic E-state index is 12.9. The van der Waals surface area contributed by atoms with Crippen molar-refractivity contribution in [3.8, 4) is 11.5 Å². The van der Waals surface area contributed by atoms with E-state index >= 15 is 0 Å². The Hall–Kier alpha value is -3.36. The van der Waals surface area contributed by atoms with Gasteiger partial charge in [-0.15, -0.1) is 0 Å². The SMILES string of the molecule is COC(=O)c1cccc2oc(-c3cccc(S(=O)(=O)Nc4ccc(Cl)cc4C)c3)nc12. The van der Waals surface area contributed by atoms with Crippen LogP contribution < -0.4 is 4.72 Å². The van der Waals surface area contributed by atoms with Crippen LogP contribution in [0.5, 0.6) is 0 Å². The van der Waals surface area contributed by atoms with Gasteiger partial charge in [-0.05, 0) is 61.0 Å². The fourth-order valence-corrected chi connectivity index (χ4v) is 4.49. The maximum Gasteiger partial charge on any atom is 0.340 e. The molecule has 4 aromatic rings. The third kappa shape index (κ3) is 4.12. The van der Waals surface area contributed by atoms with Crippen LogP contribution in [-0.2, 0) is 14.8 Å². The van der Waals surface area contributed by atoms with E-state index in [0.717, 1.165) is 0 Å². The van der Waals surface area contributed by atoms with Gasteiger partial charge in [-0.25, -0.2) is 18.2 Å². The molecule has 0 fully saturated rings. The Bertz CT molecular complexity index is 1410. The number of hydrogen-bond acceptors (Lipinski definition) is 6. The van der Waals surface area contributed by atoms with Gasteiger partial charge in [0.15, 0.2) is 5.58 Å². The molecule has 7 nitrogen and oxygen atoms in total. The van der Waals surface area contributed by atoms with Gasteiger partial charge in [-0.1, -0.05) is 23.7 Å². The van der Waals surface area contributed by atoms with Crippen molar-refractivity contribution in [3.63, 3.8) is 0 Å². The molecule has 1 aromatic heterocycles. The first-order valence-corrected chi connectivity index (χ1v) is 11.0. The van der Waals surface area contributed by atoms with Gasteiger partial charge in [-0.3, -0.25) is 4.72 Å². The third-order valence-corrected chi connectivity index (χ3v) is 6.25. The van der Waals surface area contributed by atoms with Gasteiger partial charge in [0.1, 0.15) is 5.52 Å². The standard InChI is InChI=1S/C22H17ClN2O5S/c1-13-11-15(23)9-10-18(13)25-31(27,28)16-6-3-5-14(12-16)21-24-20-17(22(26)29-2)7-4-8-19(20)30-21/h3-12,25H,1-2H3. The Morgan fingerprint density at radius 1 is 1.10 bits per heavy atom. The molecule has 0 saturated heterocycles. The number of nitrogens with zero attached hydrogens (tertiary/aromatic N) is 1. The molecular weight excluding hydrogens is 440 g/mol. The summed E-state index contributed by atoms with van der Waals surface area (Å²) < 4.78 is 38.9. The second-order valence-corrected chi connectivity index (χ2v) is 8.87. The van der Waals surface area contributed by atoms with Gasteiger partial charge in [0, 0.05) is 10.6 Å². The van der Waals surface area contributed by atoms with Crippen LogP contribution in [0.15, 0.2) is 70.0 Å². The minimum absolute atomic E-state index is 0.0368. The molecule has 0 atom stereocenters. The van der Waals surface area contributed by atoms with Crippen molar-refractivity contribution in [1.82, 2.24) is 4.98 Å². The Morgan fingerprint density at radius 2 is 1.87 bits per heavy atom. The number of aryl methyl sites for hydroxylation is 1. The zero-order chi connectivity index (χ0) is 22.2. The van der Waals surface area contributed by atoms with E-state index in [1.54, 1.807) is 55.5 Å². The molecule has 0 radical (unpaired) electrons. The van der Waals surface area contributed by atoms with E-state index in [1.165, 1.54) is 19.2 Å². The highest BCUT2D eigenvalue weighted by molar-refractivity contribution is 7.92. The number of sulfonamides is 1. The highest BCUT2D eigenvalue weighted by atomic mass is 35.5. The summed E-state index contributed by atoms with van der Waals surface area (Å²) in [7, 11) is -2.59. The van der Waals surface area contributed by atoms with E-state index in [9.17, 15) is 13.2 Å². The summed E-state index contributed by atoms with van der Waals surface area (Å²) in [4.78, 5) is 16.4. The number of benzene rings is 3. The minimum Gasteiger partial charge on any atom is -0.465 e. The monoisotopic (exact) mass is 456 g/mol. The van der Waals surface area contributed by atoms with Crippen molar-refractivity contribution in [3.05, 3.63) is 76.8 Å². The number of nitrogens with one attached hydrogen (secondary N) is 1. The predicted octanol–water partition coefficient (Wildman–Crippen LogP) is 5.04. The first kappa shape index (κ1) is 20.9. The van der Waals surface area contributed by atoms with E-state index in [0.29, 0.717) is 32.9 Å². The molecule has 0 bridgehead atoms. The molecule has 0 amide bonds. The molecule has 0 aliphatic rings. The Labute approximate surface area is 183 Å². The van der Waals surface area contributed by atoms with Crippen molar-refractivity contribution in [1.29, 1.82) is 0 Å². The number of rotatable bonds is 5. The fourth-order valence-electron chi connectivity index (χ4n) is 3.09. The van der Waals surface area contributed by atoms with Crippen LogP contribution in [-0.4, -0.2) is 26.5 Å². The minimum atomic E-state index is -3.87.